The predicted molar refractivity (Wildman–Crippen MR) is 83.5 cm³/mol. The molecule has 0 aliphatic heterocycles. The van der Waals surface area contributed by atoms with Crippen LogP contribution in [0.3, 0.4) is 0 Å². The SMILES string of the molecule is COc1cc(/C=N/OCc2cccc(Cl)c2)ccc1OC(F)F. The van der Waals surface area contributed by atoms with Crippen LogP contribution in [-0.4, -0.2) is 19.9 Å². The largest absolute Gasteiger partial charge is 0.493 e. The van der Waals surface area contributed by atoms with Crippen LogP contribution in [0.2, 0.25) is 5.02 Å². The number of halogens is 3. The number of alkyl halides is 2. The topological polar surface area (TPSA) is 40.0 Å². The molecule has 0 amide bonds. The van der Waals surface area contributed by atoms with Crippen LogP contribution in [0.15, 0.2) is 47.6 Å². The molecule has 0 saturated heterocycles. The maximum Gasteiger partial charge on any atom is 0.387 e. The highest BCUT2D eigenvalue weighted by Gasteiger charge is 2.10. The lowest BCUT2D eigenvalue weighted by molar-refractivity contribution is -0.0512. The van der Waals surface area contributed by atoms with Gasteiger partial charge >= 0.3 is 6.61 Å². The van der Waals surface area contributed by atoms with E-state index in [4.69, 9.17) is 21.2 Å². The molecular weight excluding hydrogens is 328 g/mol. The Balaban J connectivity index is 1.96. The fraction of sp³-hybridized carbons (Fsp3) is 0.188. The van der Waals surface area contributed by atoms with Crippen LogP contribution in [0.25, 0.3) is 0 Å². The Morgan fingerprint density at radius 1 is 1.17 bits per heavy atom. The second-order valence-corrected chi connectivity index (χ2v) is 4.86. The van der Waals surface area contributed by atoms with E-state index in [1.165, 1.54) is 25.5 Å². The van der Waals surface area contributed by atoms with E-state index in [0.717, 1.165) is 5.56 Å². The first kappa shape index (κ1) is 17.0. The van der Waals surface area contributed by atoms with Gasteiger partial charge < -0.3 is 14.3 Å². The van der Waals surface area contributed by atoms with Crippen LogP contribution in [-0.2, 0) is 11.4 Å². The number of benzene rings is 2. The molecule has 0 aliphatic carbocycles. The van der Waals surface area contributed by atoms with Gasteiger partial charge in [-0.1, -0.05) is 28.9 Å². The number of ether oxygens (including phenoxy) is 2. The van der Waals surface area contributed by atoms with E-state index in [1.54, 1.807) is 18.2 Å². The lowest BCUT2D eigenvalue weighted by Crippen LogP contribution is -2.03. The highest BCUT2D eigenvalue weighted by atomic mass is 35.5. The van der Waals surface area contributed by atoms with Crippen molar-refractivity contribution in [2.24, 2.45) is 5.16 Å². The minimum atomic E-state index is -2.91. The van der Waals surface area contributed by atoms with Crippen LogP contribution in [0.1, 0.15) is 11.1 Å². The number of oxime groups is 1. The lowest BCUT2D eigenvalue weighted by atomic mass is 10.2. The molecule has 2 aromatic carbocycles. The summed E-state index contributed by atoms with van der Waals surface area (Å²) in [6.07, 6.45) is 1.44. The molecule has 0 aromatic heterocycles. The van der Waals surface area contributed by atoms with Crippen molar-refractivity contribution >= 4 is 17.8 Å². The number of methoxy groups -OCH3 is 1. The Labute approximate surface area is 137 Å². The van der Waals surface area contributed by atoms with E-state index < -0.39 is 6.61 Å². The number of nitrogens with zero attached hydrogens (tertiary/aromatic N) is 1. The molecule has 0 N–H and O–H groups in total. The molecule has 0 radical (unpaired) electrons. The molecule has 122 valence electrons. The summed E-state index contributed by atoms with van der Waals surface area (Å²) >= 11 is 5.86. The van der Waals surface area contributed by atoms with Gasteiger partial charge in [0.15, 0.2) is 11.5 Å². The first-order valence-corrected chi connectivity index (χ1v) is 6.99. The molecule has 7 heteroatoms. The van der Waals surface area contributed by atoms with Gasteiger partial charge in [-0.25, -0.2) is 0 Å². The van der Waals surface area contributed by atoms with Crippen LogP contribution in [0.4, 0.5) is 8.78 Å². The highest BCUT2D eigenvalue weighted by Crippen LogP contribution is 2.28. The average molecular weight is 342 g/mol. The van der Waals surface area contributed by atoms with E-state index in [2.05, 4.69) is 9.89 Å². The van der Waals surface area contributed by atoms with Crippen molar-refractivity contribution in [1.82, 2.24) is 0 Å². The summed E-state index contributed by atoms with van der Waals surface area (Å²) < 4.78 is 33.8. The predicted octanol–water partition coefficient (Wildman–Crippen LogP) is 4.50. The van der Waals surface area contributed by atoms with Crippen molar-refractivity contribution in [1.29, 1.82) is 0 Å². The summed E-state index contributed by atoms with van der Waals surface area (Å²) in [7, 11) is 1.37. The Morgan fingerprint density at radius 2 is 2.00 bits per heavy atom. The zero-order chi connectivity index (χ0) is 16.7. The molecule has 0 saturated carbocycles. The zero-order valence-electron chi connectivity index (χ0n) is 12.2. The second kappa shape index (κ2) is 8.33. The molecule has 0 fully saturated rings. The van der Waals surface area contributed by atoms with Gasteiger partial charge in [-0.3, -0.25) is 0 Å². The third-order valence-electron chi connectivity index (χ3n) is 2.80. The Bertz CT molecular complexity index is 680. The molecule has 0 spiro atoms. The van der Waals surface area contributed by atoms with E-state index in [9.17, 15) is 8.78 Å². The molecule has 0 atom stereocenters. The average Bonchev–Trinajstić information content (AvgIpc) is 2.52. The van der Waals surface area contributed by atoms with Crippen LogP contribution in [0, 0.1) is 0 Å². The summed E-state index contributed by atoms with van der Waals surface area (Å²) in [5, 5.41) is 4.44. The summed E-state index contributed by atoms with van der Waals surface area (Å²) in [4.78, 5) is 5.17. The zero-order valence-corrected chi connectivity index (χ0v) is 13.0. The first-order chi connectivity index (χ1) is 11.1. The first-order valence-electron chi connectivity index (χ1n) is 6.61. The summed E-state index contributed by atoms with van der Waals surface area (Å²) in [5.74, 6) is 0.142. The minimum Gasteiger partial charge on any atom is -0.493 e. The van der Waals surface area contributed by atoms with Gasteiger partial charge in [-0.05, 0) is 35.9 Å². The van der Waals surface area contributed by atoms with Gasteiger partial charge in [0.2, 0.25) is 0 Å². The third kappa shape index (κ3) is 5.41. The normalized spacial score (nSPS) is 11.0. The van der Waals surface area contributed by atoms with E-state index in [0.29, 0.717) is 10.6 Å². The standard InChI is InChI=1S/C16H14ClF2NO3/c1-21-15-8-11(5-6-14(15)23-16(18)19)9-20-22-10-12-3-2-4-13(17)7-12/h2-9,16H,10H2,1H3/b20-9+. The van der Waals surface area contributed by atoms with Gasteiger partial charge in [0, 0.05) is 10.6 Å². The van der Waals surface area contributed by atoms with Crippen LogP contribution >= 0.6 is 11.6 Å². The second-order valence-electron chi connectivity index (χ2n) is 4.43. The van der Waals surface area contributed by atoms with Gasteiger partial charge in [-0.15, -0.1) is 0 Å². The van der Waals surface area contributed by atoms with Gasteiger partial charge in [-0.2, -0.15) is 8.78 Å². The Morgan fingerprint density at radius 3 is 2.70 bits per heavy atom. The van der Waals surface area contributed by atoms with Gasteiger partial charge in [0.1, 0.15) is 6.61 Å². The van der Waals surface area contributed by atoms with Crippen molar-refractivity contribution in [3.05, 3.63) is 58.6 Å². The fourth-order valence-electron chi connectivity index (χ4n) is 1.79. The van der Waals surface area contributed by atoms with Crippen LogP contribution < -0.4 is 9.47 Å². The highest BCUT2D eigenvalue weighted by molar-refractivity contribution is 6.30. The number of rotatable bonds is 7. The third-order valence-corrected chi connectivity index (χ3v) is 3.04. The van der Waals surface area contributed by atoms with Crippen LogP contribution in [0.5, 0.6) is 11.5 Å². The van der Waals surface area contributed by atoms with E-state index in [-0.39, 0.29) is 18.1 Å². The molecule has 0 heterocycles. The Hall–Kier alpha value is -2.34. The van der Waals surface area contributed by atoms with Gasteiger partial charge in [0.05, 0.1) is 13.3 Å². The fourth-order valence-corrected chi connectivity index (χ4v) is 2.01. The summed E-state index contributed by atoms with van der Waals surface area (Å²) in [6, 6.07) is 11.7. The van der Waals surface area contributed by atoms with Crippen molar-refractivity contribution in [2.45, 2.75) is 13.2 Å². The molecule has 0 aliphatic rings. The molecule has 2 rings (SSSR count). The summed E-state index contributed by atoms with van der Waals surface area (Å²) in [6.45, 7) is -2.65. The molecule has 23 heavy (non-hydrogen) atoms. The molecule has 2 aromatic rings. The quantitative estimate of drug-likeness (QED) is 0.550. The monoisotopic (exact) mass is 341 g/mol. The van der Waals surface area contributed by atoms with Gasteiger partial charge in [0.25, 0.3) is 0 Å². The number of hydrogen-bond donors (Lipinski definition) is 0. The molecular formula is C16H14ClF2NO3. The maximum atomic E-state index is 12.2. The Kier molecular flexibility index (Phi) is 6.17. The van der Waals surface area contributed by atoms with E-state index in [1.807, 2.05) is 12.1 Å². The molecule has 0 unspecified atom stereocenters. The van der Waals surface area contributed by atoms with Crippen molar-refractivity contribution in [3.63, 3.8) is 0 Å². The molecule has 0 bridgehead atoms. The maximum absolute atomic E-state index is 12.2. The minimum absolute atomic E-state index is 0.0421. The smallest absolute Gasteiger partial charge is 0.387 e. The number of hydrogen-bond acceptors (Lipinski definition) is 4. The summed E-state index contributed by atoms with van der Waals surface area (Å²) in [5.41, 5.74) is 1.50. The van der Waals surface area contributed by atoms with Crippen molar-refractivity contribution in [3.8, 4) is 11.5 Å². The molecule has 4 nitrogen and oxygen atoms in total. The van der Waals surface area contributed by atoms with E-state index >= 15 is 0 Å². The van der Waals surface area contributed by atoms with Crippen molar-refractivity contribution < 1.29 is 23.1 Å². The lowest BCUT2D eigenvalue weighted by Gasteiger charge is -2.09. The van der Waals surface area contributed by atoms with Crippen molar-refractivity contribution in [2.75, 3.05) is 7.11 Å².